The van der Waals surface area contributed by atoms with E-state index in [-0.39, 0.29) is 18.1 Å². The molecule has 0 aromatic carbocycles. The molecule has 0 aliphatic heterocycles. The van der Waals surface area contributed by atoms with Gasteiger partial charge in [-0.25, -0.2) is 0 Å². The van der Waals surface area contributed by atoms with Gasteiger partial charge in [0.05, 0.1) is 5.69 Å². The zero-order valence-corrected chi connectivity index (χ0v) is 12.3. The van der Waals surface area contributed by atoms with Gasteiger partial charge in [0.15, 0.2) is 6.61 Å². The smallest absolute Gasteiger partial charge is 0.258 e. The largest absolute Gasteiger partial charge is 0.482 e. The Labute approximate surface area is 114 Å². The topological polar surface area (TPSA) is 63.3 Å². The molecule has 19 heavy (non-hydrogen) atoms. The number of hydrogen-bond donors (Lipinski definition) is 2. The van der Waals surface area contributed by atoms with E-state index in [0.717, 1.165) is 11.4 Å². The predicted molar refractivity (Wildman–Crippen MR) is 75.1 cm³/mol. The maximum atomic E-state index is 11.7. The molecule has 1 aromatic heterocycles. The van der Waals surface area contributed by atoms with Crippen molar-refractivity contribution in [3.8, 4) is 5.75 Å². The fraction of sp³-hybridized carbons (Fsp3) is 0.571. The summed E-state index contributed by atoms with van der Waals surface area (Å²) in [5.41, 5.74) is 1.49. The van der Waals surface area contributed by atoms with Crippen LogP contribution in [-0.2, 0) is 11.3 Å². The molecule has 0 unspecified atom stereocenters. The van der Waals surface area contributed by atoms with Gasteiger partial charge in [-0.05, 0) is 46.9 Å². The third-order valence-electron chi connectivity index (χ3n) is 2.29. The highest BCUT2D eigenvalue weighted by Gasteiger charge is 2.14. The average Bonchev–Trinajstić information content (AvgIpc) is 2.26. The summed E-state index contributed by atoms with van der Waals surface area (Å²) in [7, 11) is 1.85. The first kappa shape index (κ1) is 15.4. The third-order valence-corrected chi connectivity index (χ3v) is 2.29. The number of nitrogens with one attached hydrogen (secondary N) is 2. The number of aryl methyl sites for hydroxylation is 1. The summed E-state index contributed by atoms with van der Waals surface area (Å²) in [5.74, 6) is 0.507. The molecular weight excluding hydrogens is 242 g/mol. The van der Waals surface area contributed by atoms with Crippen LogP contribution >= 0.6 is 0 Å². The molecule has 0 bridgehead atoms. The number of carbonyl (C=O) groups excluding carboxylic acids is 1. The number of pyridine rings is 1. The van der Waals surface area contributed by atoms with E-state index in [4.69, 9.17) is 4.74 Å². The first-order valence-corrected chi connectivity index (χ1v) is 6.37. The molecule has 0 atom stereocenters. The van der Waals surface area contributed by atoms with E-state index in [0.29, 0.717) is 12.3 Å². The van der Waals surface area contributed by atoms with Crippen LogP contribution in [0.2, 0.25) is 0 Å². The highest BCUT2D eigenvalue weighted by atomic mass is 16.5. The van der Waals surface area contributed by atoms with Gasteiger partial charge in [0, 0.05) is 17.8 Å². The molecule has 5 heteroatoms. The van der Waals surface area contributed by atoms with Gasteiger partial charge in [-0.1, -0.05) is 0 Å². The number of aromatic nitrogens is 1. The molecule has 5 nitrogen and oxygen atoms in total. The molecule has 0 saturated heterocycles. The number of carbonyl (C=O) groups is 1. The Morgan fingerprint density at radius 2 is 2.05 bits per heavy atom. The number of amides is 1. The van der Waals surface area contributed by atoms with Crippen LogP contribution in [0.4, 0.5) is 0 Å². The molecule has 0 spiro atoms. The molecule has 0 fully saturated rings. The lowest BCUT2D eigenvalue weighted by Crippen LogP contribution is -2.43. The summed E-state index contributed by atoms with van der Waals surface area (Å²) in [6.07, 6.45) is 0. The third kappa shape index (κ3) is 5.70. The zero-order valence-electron chi connectivity index (χ0n) is 12.3. The van der Waals surface area contributed by atoms with E-state index >= 15 is 0 Å². The van der Waals surface area contributed by atoms with Gasteiger partial charge in [0.1, 0.15) is 5.75 Å². The summed E-state index contributed by atoms with van der Waals surface area (Å²) >= 11 is 0. The fourth-order valence-corrected chi connectivity index (χ4v) is 1.62. The van der Waals surface area contributed by atoms with Crippen LogP contribution < -0.4 is 15.4 Å². The molecule has 1 amide bonds. The highest BCUT2D eigenvalue weighted by Crippen LogP contribution is 2.16. The quantitative estimate of drug-likeness (QED) is 0.845. The van der Waals surface area contributed by atoms with Gasteiger partial charge < -0.3 is 15.4 Å². The van der Waals surface area contributed by atoms with E-state index in [1.807, 2.05) is 46.9 Å². The SMILES string of the molecule is CNCc1nc(C)ccc1OCC(=O)NC(C)(C)C. The van der Waals surface area contributed by atoms with Crippen molar-refractivity contribution in [2.75, 3.05) is 13.7 Å². The summed E-state index contributed by atoms with van der Waals surface area (Å²) in [6.45, 7) is 8.34. The highest BCUT2D eigenvalue weighted by molar-refractivity contribution is 5.78. The standard InChI is InChI=1S/C14H23N3O2/c1-10-6-7-12(11(16-10)8-15-5)19-9-13(18)17-14(2,3)4/h6-7,15H,8-9H2,1-5H3,(H,17,18). The summed E-state index contributed by atoms with van der Waals surface area (Å²) in [5, 5.41) is 5.89. The Hall–Kier alpha value is -1.62. The first-order valence-electron chi connectivity index (χ1n) is 6.37. The van der Waals surface area contributed by atoms with Crippen LogP contribution in [0.15, 0.2) is 12.1 Å². The van der Waals surface area contributed by atoms with E-state index in [1.165, 1.54) is 0 Å². The molecule has 2 N–H and O–H groups in total. The van der Waals surface area contributed by atoms with Crippen molar-refractivity contribution in [1.29, 1.82) is 0 Å². The van der Waals surface area contributed by atoms with Crippen LogP contribution in [0, 0.1) is 6.92 Å². The Morgan fingerprint density at radius 1 is 1.37 bits per heavy atom. The summed E-state index contributed by atoms with van der Waals surface area (Å²) in [4.78, 5) is 16.1. The fourth-order valence-electron chi connectivity index (χ4n) is 1.62. The average molecular weight is 265 g/mol. The molecule has 0 aliphatic carbocycles. The Bertz CT molecular complexity index is 439. The van der Waals surface area contributed by atoms with Gasteiger partial charge in [0.2, 0.25) is 0 Å². The number of ether oxygens (including phenoxy) is 1. The van der Waals surface area contributed by atoms with Crippen LogP contribution in [0.3, 0.4) is 0 Å². The molecule has 1 rings (SSSR count). The lowest BCUT2D eigenvalue weighted by Gasteiger charge is -2.20. The lowest BCUT2D eigenvalue weighted by molar-refractivity contribution is -0.124. The minimum Gasteiger partial charge on any atom is -0.482 e. The number of nitrogens with zero attached hydrogens (tertiary/aromatic N) is 1. The van der Waals surface area contributed by atoms with Gasteiger partial charge in [0.25, 0.3) is 5.91 Å². The molecule has 1 heterocycles. The monoisotopic (exact) mass is 265 g/mol. The van der Waals surface area contributed by atoms with E-state index in [9.17, 15) is 4.79 Å². The summed E-state index contributed by atoms with van der Waals surface area (Å²) in [6, 6.07) is 3.72. The van der Waals surface area contributed by atoms with Crippen molar-refractivity contribution in [2.24, 2.45) is 0 Å². The maximum Gasteiger partial charge on any atom is 0.258 e. The van der Waals surface area contributed by atoms with Crippen molar-refractivity contribution >= 4 is 5.91 Å². The number of hydrogen-bond acceptors (Lipinski definition) is 4. The molecule has 106 valence electrons. The minimum absolute atomic E-state index is 0.00126. The second-order valence-electron chi connectivity index (χ2n) is 5.51. The van der Waals surface area contributed by atoms with Crippen LogP contribution in [0.1, 0.15) is 32.2 Å². The van der Waals surface area contributed by atoms with Crippen molar-refractivity contribution in [1.82, 2.24) is 15.6 Å². The first-order chi connectivity index (χ1) is 8.81. The Morgan fingerprint density at radius 3 is 2.63 bits per heavy atom. The van der Waals surface area contributed by atoms with Crippen molar-refractivity contribution < 1.29 is 9.53 Å². The molecule has 0 radical (unpaired) electrons. The van der Waals surface area contributed by atoms with Crippen LogP contribution in [0.5, 0.6) is 5.75 Å². The molecular formula is C14H23N3O2. The normalized spacial score (nSPS) is 11.2. The van der Waals surface area contributed by atoms with Crippen molar-refractivity contribution in [3.63, 3.8) is 0 Å². The van der Waals surface area contributed by atoms with E-state index in [2.05, 4.69) is 15.6 Å². The Kier molecular flexibility index (Phi) is 5.30. The molecule has 0 aliphatic rings. The molecule has 0 saturated carbocycles. The van der Waals surface area contributed by atoms with Gasteiger partial charge >= 0.3 is 0 Å². The second kappa shape index (κ2) is 6.52. The van der Waals surface area contributed by atoms with Crippen molar-refractivity contribution in [2.45, 2.75) is 39.8 Å². The second-order valence-corrected chi connectivity index (χ2v) is 5.51. The van der Waals surface area contributed by atoms with Crippen LogP contribution in [0.25, 0.3) is 0 Å². The van der Waals surface area contributed by atoms with Gasteiger partial charge in [-0.15, -0.1) is 0 Å². The van der Waals surface area contributed by atoms with Gasteiger partial charge in [-0.2, -0.15) is 0 Å². The maximum absolute atomic E-state index is 11.7. The van der Waals surface area contributed by atoms with Crippen molar-refractivity contribution in [3.05, 3.63) is 23.5 Å². The predicted octanol–water partition coefficient (Wildman–Crippen LogP) is 1.40. The Balaban J connectivity index is 2.64. The van der Waals surface area contributed by atoms with E-state index in [1.54, 1.807) is 0 Å². The minimum atomic E-state index is -0.250. The molecule has 1 aromatic rings. The zero-order chi connectivity index (χ0) is 14.5. The number of rotatable bonds is 5. The van der Waals surface area contributed by atoms with Gasteiger partial charge in [-0.3, -0.25) is 9.78 Å². The lowest BCUT2D eigenvalue weighted by atomic mass is 10.1. The van der Waals surface area contributed by atoms with E-state index < -0.39 is 0 Å². The summed E-state index contributed by atoms with van der Waals surface area (Å²) < 4.78 is 5.54. The van der Waals surface area contributed by atoms with Crippen LogP contribution in [-0.4, -0.2) is 30.1 Å².